The number of aromatic nitrogens is 2. The van der Waals surface area contributed by atoms with Crippen LogP contribution in [0, 0.1) is 0 Å². The average Bonchev–Trinajstić information content (AvgIpc) is 3.01. The van der Waals surface area contributed by atoms with Crippen LogP contribution in [-0.4, -0.2) is 53.3 Å². The zero-order chi connectivity index (χ0) is 27.3. The Morgan fingerprint density at radius 1 is 1.03 bits per heavy atom. The normalized spacial score (nSPS) is 12.9. The van der Waals surface area contributed by atoms with Crippen LogP contribution in [0.4, 0.5) is 4.79 Å². The van der Waals surface area contributed by atoms with Crippen LogP contribution in [0.25, 0.3) is 11.6 Å². The van der Waals surface area contributed by atoms with E-state index >= 15 is 0 Å². The molecule has 0 spiro atoms. The number of esters is 2. The molecule has 0 saturated carbocycles. The molecule has 0 aliphatic heterocycles. The molecule has 0 saturated heterocycles. The number of imidazole rings is 1. The Balaban J connectivity index is 2.42. The number of pyridine rings is 1. The minimum atomic E-state index is -1.43. The standard InChI is InChI=1S/C26H39N3O6Si/c1-25(2,3)34-22(30)17-21-27-18(20-12-10-11-13-29(20)21)16-19(28-24(32)35-26(4,5)6)23(31)33-14-15-36(7,8)9/h10-13,16H,14-15,17H2,1-9H3,(H,28,32)/b19-16-. The largest absolute Gasteiger partial charge is 0.461 e. The van der Waals surface area contributed by atoms with Crippen LogP contribution in [0.5, 0.6) is 0 Å². The van der Waals surface area contributed by atoms with E-state index in [4.69, 9.17) is 14.2 Å². The molecule has 2 aromatic rings. The maximum atomic E-state index is 13.0. The predicted octanol–water partition coefficient (Wildman–Crippen LogP) is 4.97. The Kier molecular flexibility index (Phi) is 9.11. The summed E-state index contributed by atoms with van der Waals surface area (Å²) in [7, 11) is -1.43. The Hall–Kier alpha value is -3.14. The van der Waals surface area contributed by atoms with Crippen LogP contribution in [0.1, 0.15) is 53.1 Å². The van der Waals surface area contributed by atoms with Gasteiger partial charge >= 0.3 is 18.0 Å². The van der Waals surface area contributed by atoms with Crippen molar-refractivity contribution < 1.29 is 28.6 Å². The third kappa shape index (κ3) is 9.85. The first kappa shape index (κ1) is 29.1. The summed E-state index contributed by atoms with van der Waals surface area (Å²) >= 11 is 0. The van der Waals surface area contributed by atoms with E-state index < -0.39 is 37.3 Å². The van der Waals surface area contributed by atoms with Gasteiger partial charge in [-0.15, -0.1) is 0 Å². The molecule has 0 aliphatic carbocycles. The first-order chi connectivity index (χ1) is 16.4. The second kappa shape index (κ2) is 11.3. The van der Waals surface area contributed by atoms with E-state index in [-0.39, 0.29) is 18.7 Å². The Morgan fingerprint density at radius 3 is 2.25 bits per heavy atom. The number of ether oxygens (including phenoxy) is 3. The maximum Gasteiger partial charge on any atom is 0.412 e. The lowest BCUT2D eigenvalue weighted by molar-refractivity contribution is -0.154. The third-order valence-electron chi connectivity index (χ3n) is 4.59. The molecular weight excluding hydrogens is 478 g/mol. The number of carbonyl (C=O) groups excluding carboxylic acids is 3. The molecule has 1 N–H and O–H groups in total. The molecule has 36 heavy (non-hydrogen) atoms. The molecule has 0 unspecified atom stereocenters. The molecule has 198 valence electrons. The van der Waals surface area contributed by atoms with Crippen LogP contribution < -0.4 is 5.32 Å². The molecule has 0 aliphatic rings. The van der Waals surface area contributed by atoms with Gasteiger partial charge in [-0.1, -0.05) is 25.7 Å². The monoisotopic (exact) mass is 517 g/mol. The number of nitrogens with one attached hydrogen (secondary N) is 1. The molecule has 2 rings (SSSR count). The smallest absolute Gasteiger partial charge is 0.412 e. The number of carbonyl (C=O) groups is 3. The molecule has 0 fully saturated rings. The highest BCUT2D eigenvalue weighted by molar-refractivity contribution is 6.76. The number of hydrogen-bond donors (Lipinski definition) is 1. The number of amides is 1. The summed E-state index contributed by atoms with van der Waals surface area (Å²) in [6.07, 6.45) is 2.36. The van der Waals surface area contributed by atoms with Crippen molar-refractivity contribution in [2.75, 3.05) is 6.61 Å². The molecule has 0 aromatic carbocycles. The fraction of sp³-hybridized carbons (Fsp3) is 0.538. The molecule has 1 amide bonds. The molecule has 2 heterocycles. The highest BCUT2D eigenvalue weighted by atomic mass is 28.3. The fourth-order valence-corrected chi connectivity index (χ4v) is 3.80. The highest BCUT2D eigenvalue weighted by Crippen LogP contribution is 2.19. The van der Waals surface area contributed by atoms with E-state index in [1.54, 1.807) is 58.2 Å². The fourth-order valence-electron chi connectivity index (χ4n) is 3.09. The van der Waals surface area contributed by atoms with Gasteiger partial charge in [0, 0.05) is 14.3 Å². The van der Waals surface area contributed by atoms with Gasteiger partial charge in [-0.05, 0) is 65.8 Å². The third-order valence-corrected chi connectivity index (χ3v) is 6.30. The summed E-state index contributed by atoms with van der Waals surface area (Å²) < 4.78 is 18.0. The van der Waals surface area contributed by atoms with Crippen molar-refractivity contribution in [2.45, 2.75) is 84.9 Å². The van der Waals surface area contributed by atoms with Crippen LogP contribution in [0.2, 0.25) is 25.7 Å². The highest BCUT2D eigenvalue weighted by Gasteiger charge is 2.24. The van der Waals surface area contributed by atoms with E-state index in [0.29, 0.717) is 17.0 Å². The van der Waals surface area contributed by atoms with Gasteiger partial charge < -0.3 is 18.6 Å². The first-order valence-electron chi connectivity index (χ1n) is 12.0. The molecule has 10 heteroatoms. The summed E-state index contributed by atoms with van der Waals surface area (Å²) in [5, 5.41) is 2.51. The van der Waals surface area contributed by atoms with Crippen LogP contribution in [0.15, 0.2) is 30.1 Å². The Bertz CT molecular complexity index is 1130. The molecule has 0 radical (unpaired) electrons. The van der Waals surface area contributed by atoms with Crippen molar-refractivity contribution >= 4 is 37.7 Å². The van der Waals surface area contributed by atoms with E-state index in [1.165, 1.54) is 6.08 Å². The number of rotatable bonds is 8. The lowest BCUT2D eigenvalue weighted by Crippen LogP contribution is -2.35. The quantitative estimate of drug-likeness (QED) is 0.228. The maximum absolute atomic E-state index is 13.0. The SMILES string of the molecule is CC(C)(C)OC(=O)Cc1nc(/C=C(\NC(=O)OC(C)(C)C)C(=O)OCC[Si](C)(C)C)c2ccccn12. The Labute approximate surface area is 214 Å². The second-order valence-corrected chi connectivity index (χ2v) is 17.4. The summed E-state index contributed by atoms with van der Waals surface area (Å²) in [5.74, 6) is -0.675. The van der Waals surface area contributed by atoms with Crippen LogP contribution >= 0.6 is 0 Å². The zero-order valence-electron chi connectivity index (χ0n) is 22.9. The molecule has 0 atom stereocenters. The van der Waals surface area contributed by atoms with Crippen molar-refractivity contribution in [1.82, 2.24) is 14.7 Å². The van der Waals surface area contributed by atoms with Crippen molar-refractivity contribution in [1.29, 1.82) is 0 Å². The van der Waals surface area contributed by atoms with Gasteiger partial charge in [-0.25, -0.2) is 14.6 Å². The van der Waals surface area contributed by atoms with Crippen molar-refractivity contribution in [2.24, 2.45) is 0 Å². The molecular formula is C26H39N3O6Si. The lowest BCUT2D eigenvalue weighted by Gasteiger charge is -2.20. The van der Waals surface area contributed by atoms with E-state index in [1.807, 2.05) is 12.1 Å². The topological polar surface area (TPSA) is 108 Å². The van der Waals surface area contributed by atoms with Crippen molar-refractivity contribution in [3.63, 3.8) is 0 Å². The van der Waals surface area contributed by atoms with E-state index in [2.05, 4.69) is 29.9 Å². The number of hydrogen-bond acceptors (Lipinski definition) is 7. The number of fused-ring (bicyclic) bond motifs is 1. The minimum Gasteiger partial charge on any atom is -0.461 e. The average molecular weight is 518 g/mol. The van der Waals surface area contributed by atoms with Crippen LogP contribution in [0.3, 0.4) is 0 Å². The Morgan fingerprint density at radius 2 is 1.67 bits per heavy atom. The minimum absolute atomic E-state index is 0.0637. The zero-order valence-corrected chi connectivity index (χ0v) is 23.9. The molecule has 0 bridgehead atoms. The predicted molar refractivity (Wildman–Crippen MR) is 141 cm³/mol. The van der Waals surface area contributed by atoms with E-state index in [0.717, 1.165) is 6.04 Å². The molecule has 2 aromatic heterocycles. The van der Waals surface area contributed by atoms with Gasteiger partial charge in [0.15, 0.2) is 0 Å². The second-order valence-electron chi connectivity index (χ2n) is 11.8. The van der Waals surface area contributed by atoms with Gasteiger partial charge in [0.25, 0.3) is 0 Å². The first-order valence-corrected chi connectivity index (χ1v) is 15.7. The van der Waals surface area contributed by atoms with Gasteiger partial charge in [0.1, 0.15) is 29.1 Å². The van der Waals surface area contributed by atoms with Crippen LogP contribution in [-0.2, 0) is 30.2 Å². The van der Waals surface area contributed by atoms with E-state index in [9.17, 15) is 14.4 Å². The molecule has 9 nitrogen and oxygen atoms in total. The summed E-state index contributed by atoms with van der Waals surface area (Å²) in [5.41, 5.74) is -0.445. The summed E-state index contributed by atoms with van der Waals surface area (Å²) in [4.78, 5) is 42.5. The van der Waals surface area contributed by atoms with Crippen molar-refractivity contribution in [3.8, 4) is 0 Å². The number of alkyl carbamates (subject to hydrolysis) is 1. The van der Waals surface area contributed by atoms with Gasteiger partial charge in [0.2, 0.25) is 0 Å². The number of nitrogens with zero attached hydrogens (tertiary/aromatic N) is 2. The van der Waals surface area contributed by atoms with Gasteiger partial charge in [-0.3, -0.25) is 10.1 Å². The lowest BCUT2D eigenvalue weighted by atomic mass is 10.2. The summed E-state index contributed by atoms with van der Waals surface area (Å²) in [6, 6.07) is 6.22. The van der Waals surface area contributed by atoms with Crippen molar-refractivity contribution in [3.05, 3.63) is 41.6 Å². The van der Waals surface area contributed by atoms with Gasteiger partial charge in [0.05, 0.1) is 17.8 Å². The summed E-state index contributed by atoms with van der Waals surface area (Å²) in [6.45, 7) is 17.4. The van der Waals surface area contributed by atoms with Gasteiger partial charge in [-0.2, -0.15) is 0 Å².